The number of pyridine rings is 1. The Bertz CT molecular complexity index is 958. The quantitative estimate of drug-likeness (QED) is 0.586. The molecule has 3 heterocycles. The van der Waals surface area contributed by atoms with Crippen molar-refractivity contribution in [3.8, 4) is 17.1 Å². The van der Waals surface area contributed by atoms with Gasteiger partial charge in [0, 0.05) is 31.1 Å². The van der Waals surface area contributed by atoms with Crippen LogP contribution in [-0.2, 0) is 10.8 Å². The first-order valence-electron chi connectivity index (χ1n) is 7.99. The van der Waals surface area contributed by atoms with Crippen molar-refractivity contribution in [1.82, 2.24) is 24.6 Å². The zero-order valence-corrected chi connectivity index (χ0v) is 14.6. The molecule has 0 aliphatic heterocycles. The van der Waals surface area contributed by atoms with Crippen LogP contribution < -0.4 is 4.74 Å². The first kappa shape index (κ1) is 19.9. The van der Waals surface area contributed by atoms with Crippen LogP contribution in [0, 0.1) is 0 Å². The van der Waals surface area contributed by atoms with Gasteiger partial charge >= 0.3 is 12.3 Å². The largest absolute Gasteiger partial charge is 0.465 e. The number of methoxy groups -OCH3 is 1. The summed E-state index contributed by atoms with van der Waals surface area (Å²) in [6, 6.07) is 2.66. The molecule has 7 nitrogen and oxygen atoms in total. The summed E-state index contributed by atoms with van der Waals surface area (Å²) in [5.41, 5.74) is 0.663. The first-order valence-corrected chi connectivity index (χ1v) is 7.99. The average Bonchev–Trinajstić information content (AvgIpc) is 3.09. The van der Waals surface area contributed by atoms with Gasteiger partial charge in [0.25, 0.3) is 0 Å². The number of rotatable bonds is 6. The van der Waals surface area contributed by atoms with Gasteiger partial charge in [-0.15, -0.1) is 10.2 Å². The Balaban J connectivity index is 1.90. The van der Waals surface area contributed by atoms with Crippen molar-refractivity contribution in [3.63, 3.8) is 0 Å². The Morgan fingerprint density at radius 3 is 2.39 bits per heavy atom. The maximum absolute atomic E-state index is 13.8. The lowest BCUT2D eigenvalue weighted by Gasteiger charge is -2.19. The summed E-state index contributed by atoms with van der Waals surface area (Å²) < 4.78 is 75.9. The molecule has 0 amide bonds. The first-order chi connectivity index (χ1) is 13.2. The van der Waals surface area contributed by atoms with Crippen molar-refractivity contribution >= 4 is 5.65 Å². The molecule has 12 heteroatoms. The Hall–Kier alpha value is -2.89. The lowest BCUT2D eigenvalue weighted by Crippen LogP contribution is -2.33. The number of nitrogens with zero attached hydrogens (tertiary/aromatic N) is 5. The zero-order valence-electron chi connectivity index (χ0n) is 14.6. The second-order valence-corrected chi connectivity index (χ2v) is 5.69. The van der Waals surface area contributed by atoms with E-state index in [4.69, 9.17) is 4.74 Å². The van der Waals surface area contributed by atoms with Crippen LogP contribution in [0.2, 0.25) is 0 Å². The minimum atomic E-state index is -4.51. The third-order valence-corrected chi connectivity index (χ3v) is 3.84. The van der Waals surface area contributed by atoms with Crippen molar-refractivity contribution in [3.05, 3.63) is 36.5 Å². The van der Waals surface area contributed by atoms with E-state index in [0.29, 0.717) is 5.56 Å². The molecule has 0 aromatic carbocycles. The molecule has 150 valence electrons. The number of hydrogen-bond acceptors (Lipinski definition) is 6. The summed E-state index contributed by atoms with van der Waals surface area (Å²) >= 11 is 0. The monoisotopic (exact) mass is 403 g/mol. The fraction of sp³-hybridized carbons (Fsp3) is 0.375. The number of ether oxygens (including phenoxy) is 2. The van der Waals surface area contributed by atoms with Crippen LogP contribution >= 0.6 is 0 Å². The molecule has 0 spiro atoms. The van der Waals surface area contributed by atoms with Gasteiger partial charge in [0.1, 0.15) is 0 Å². The van der Waals surface area contributed by atoms with Crippen LogP contribution in [0.3, 0.4) is 0 Å². The van der Waals surface area contributed by atoms with Gasteiger partial charge < -0.3 is 9.47 Å². The molecule has 0 radical (unpaired) electrons. The molecule has 3 rings (SSSR count). The number of hydrogen-bond donors (Lipinski definition) is 0. The Morgan fingerprint density at radius 2 is 1.82 bits per heavy atom. The molecule has 3 aromatic heterocycles. The van der Waals surface area contributed by atoms with E-state index in [1.54, 1.807) is 0 Å². The highest BCUT2D eigenvalue weighted by Crippen LogP contribution is 2.29. The maximum atomic E-state index is 13.8. The summed E-state index contributed by atoms with van der Waals surface area (Å²) in [7, 11) is 0.830. The fourth-order valence-corrected chi connectivity index (χ4v) is 2.37. The van der Waals surface area contributed by atoms with E-state index in [2.05, 4.69) is 24.9 Å². The van der Waals surface area contributed by atoms with Crippen molar-refractivity contribution in [1.29, 1.82) is 0 Å². The fourth-order valence-electron chi connectivity index (χ4n) is 2.37. The maximum Gasteiger partial charge on any atom is 0.425 e. The van der Waals surface area contributed by atoms with Gasteiger partial charge in [-0.3, -0.25) is 9.38 Å². The summed E-state index contributed by atoms with van der Waals surface area (Å²) in [5, 5.41) is 7.00. The van der Waals surface area contributed by atoms with Crippen molar-refractivity contribution in [2.24, 2.45) is 0 Å². The smallest absolute Gasteiger partial charge is 0.425 e. The van der Waals surface area contributed by atoms with Crippen LogP contribution in [0.25, 0.3) is 16.9 Å². The SMILES string of the molecule is CC[C@@H](Oc1ccc(-c2cn3c(C(F)(F)OC)nnc3cn2)cn1)C(F)(F)F. The zero-order chi connectivity index (χ0) is 20.5. The van der Waals surface area contributed by atoms with Crippen LogP contribution in [0.5, 0.6) is 5.88 Å². The molecule has 0 N–H and O–H groups in total. The van der Waals surface area contributed by atoms with E-state index in [-0.39, 0.29) is 23.6 Å². The normalized spacial score (nSPS) is 13.7. The highest BCUT2D eigenvalue weighted by atomic mass is 19.4. The molecule has 1 atom stereocenters. The third-order valence-electron chi connectivity index (χ3n) is 3.84. The molecular formula is C16H14F5N5O2. The minimum Gasteiger partial charge on any atom is -0.465 e. The number of alkyl halides is 5. The Kier molecular flexibility index (Phi) is 5.15. The summed E-state index contributed by atoms with van der Waals surface area (Å²) in [5.74, 6) is -0.956. The third kappa shape index (κ3) is 3.86. The molecule has 0 saturated carbocycles. The summed E-state index contributed by atoms with van der Waals surface area (Å²) in [6.45, 7) is 1.35. The second kappa shape index (κ2) is 7.26. The van der Waals surface area contributed by atoms with Crippen LogP contribution in [0.1, 0.15) is 19.2 Å². The van der Waals surface area contributed by atoms with Crippen molar-refractivity contribution in [2.45, 2.75) is 31.7 Å². The highest BCUT2D eigenvalue weighted by molar-refractivity contribution is 5.59. The predicted molar refractivity (Wildman–Crippen MR) is 85.7 cm³/mol. The van der Waals surface area contributed by atoms with Gasteiger partial charge in [-0.1, -0.05) is 6.92 Å². The second-order valence-electron chi connectivity index (χ2n) is 5.69. The molecular weight excluding hydrogens is 389 g/mol. The Labute approximate surface area is 155 Å². The molecule has 28 heavy (non-hydrogen) atoms. The van der Waals surface area contributed by atoms with E-state index in [1.807, 2.05) is 0 Å². The predicted octanol–water partition coefficient (Wildman–Crippen LogP) is 3.60. The molecule has 0 saturated heterocycles. The summed E-state index contributed by atoms with van der Waals surface area (Å²) in [6.07, 6.45) is -6.73. The van der Waals surface area contributed by atoms with Crippen LogP contribution in [0.15, 0.2) is 30.7 Å². The van der Waals surface area contributed by atoms with Crippen molar-refractivity contribution < 1.29 is 31.4 Å². The lowest BCUT2D eigenvalue weighted by molar-refractivity contribution is -0.237. The van der Waals surface area contributed by atoms with Crippen LogP contribution in [0.4, 0.5) is 22.0 Å². The molecule has 0 unspecified atom stereocenters. The van der Waals surface area contributed by atoms with Crippen molar-refractivity contribution in [2.75, 3.05) is 7.11 Å². The molecule has 0 bridgehead atoms. The van der Waals surface area contributed by atoms with Gasteiger partial charge in [-0.05, 0) is 12.5 Å². The van der Waals surface area contributed by atoms with Crippen LogP contribution in [-0.4, -0.2) is 44.0 Å². The summed E-state index contributed by atoms with van der Waals surface area (Å²) in [4.78, 5) is 7.91. The van der Waals surface area contributed by atoms with Gasteiger partial charge in [0.15, 0.2) is 11.8 Å². The number of aromatic nitrogens is 5. The van der Waals surface area contributed by atoms with E-state index in [0.717, 1.165) is 11.5 Å². The molecule has 0 aliphatic rings. The lowest BCUT2D eigenvalue weighted by atomic mass is 10.2. The average molecular weight is 403 g/mol. The molecule has 3 aromatic rings. The standard InChI is InChI=1S/C16H14F5N5O2/c1-3-11(15(17,18)19)28-13-5-4-9(6-23-13)10-8-26-12(7-22-10)24-25-14(26)16(20,21)27-2/h4-8,11H,3H2,1-2H3/t11-/m1/s1. The Morgan fingerprint density at radius 1 is 1.07 bits per heavy atom. The highest BCUT2D eigenvalue weighted by Gasteiger charge is 2.40. The molecule has 0 fully saturated rings. The van der Waals surface area contributed by atoms with Gasteiger partial charge in [0.05, 0.1) is 11.9 Å². The van der Waals surface area contributed by atoms with Gasteiger partial charge in [0.2, 0.25) is 11.7 Å². The topological polar surface area (TPSA) is 74.4 Å². The minimum absolute atomic E-state index is 0.0688. The van der Waals surface area contributed by atoms with E-state index in [1.165, 1.54) is 37.6 Å². The molecule has 0 aliphatic carbocycles. The van der Waals surface area contributed by atoms with E-state index < -0.39 is 24.2 Å². The van der Waals surface area contributed by atoms with E-state index in [9.17, 15) is 22.0 Å². The van der Waals surface area contributed by atoms with Gasteiger partial charge in [-0.25, -0.2) is 4.98 Å². The van der Waals surface area contributed by atoms with Gasteiger partial charge in [-0.2, -0.15) is 22.0 Å². The van der Waals surface area contributed by atoms with E-state index >= 15 is 0 Å². The number of halogens is 5. The number of fused-ring (bicyclic) bond motifs is 1.